The van der Waals surface area contributed by atoms with Gasteiger partial charge in [0.2, 0.25) is 11.8 Å². The molecule has 3 rings (SSSR count). The minimum atomic E-state index is -0.477. The number of carbonyl (C=O) groups excluding carboxylic acids is 2. The minimum absolute atomic E-state index is 0.0133. The first-order valence-corrected chi connectivity index (χ1v) is 13.2. The highest BCUT2D eigenvalue weighted by atomic mass is 16.5. The van der Waals surface area contributed by atoms with Crippen LogP contribution < -0.4 is 10.1 Å². The van der Waals surface area contributed by atoms with E-state index in [0.717, 1.165) is 42.6 Å². The molecule has 1 saturated carbocycles. The average Bonchev–Trinajstić information content (AvgIpc) is 2.88. The summed E-state index contributed by atoms with van der Waals surface area (Å²) < 4.78 is 5.28. The fourth-order valence-corrected chi connectivity index (χ4v) is 4.86. The second-order valence-corrected chi connectivity index (χ2v) is 10.0. The number of hydrogen-bond acceptors (Lipinski definition) is 3. The van der Waals surface area contributed by atoms with Crippen LogP contribution in [0.25, 0.3) is 0 Å². The standard InChI is InChI=1S/C30H42N2O3/c1-5-28(30(34)31-26-9-7-6-8-10-26)32(21-24-13-18-27(35-4)19-14-24)29(33)20-15-23-11-16-25(17-12-23)22(2)3/h11-14,16-19,22,26,28H,5-10,15,20-21H2,1-4H3,(H,31,34)/t28-/m1/s1. The molecule has 5 heteroatoms. The monoisotopic (exact) mass is 478 g/mol. The molecule has 1 fully saturated rings. The summed E-state index contributed by atoms with van der Waals surface area (Å²) in [6.45, 7) is 6.76. The van der Waals surface area contributed by atoms with Crippen molar-refractivity contribution in [3.63, 3.8) is 0 Å². The third-order valence-corrected chi connectivity index (χ3v) is 7.12. The first kappa shape index (κ1) is 26.8. The Morgan fingerprint density at radius 1 is 0.971 bits per heavy atom. The van der Waals surface area contributed by atoms with Crippen LogP contribution in [0.3, 0.4) is 0 Å². The smallest absolute Gasteiger partial charge is 0.243 e. The molecule has 0 bridgehead atoms. The van der Waals surface area contributed by atoms with Crippen LogP contribution in [-0.4, -0.2) is 35.9 Å². The molecule has 2 aromatic carbocycles. The van der Waals surface area contributed by atoms with Gasteiger partial charge in [0, 0.05) is 19.0 Å². The van der Waals surface area contributed by atoms with Gasteiger partial charge < -0.3 is 15.0 Å². The van der Waals surface area contributed by atoms with Crippen molar-refractivity contribution in [1.29, 1.82) is 0 Å². The maximum Gasteiger partial charge on any atom is 0.243 e. The van der Waals surface area contributed by atoms with Crippen molar-refractivity contribution in [3.8, 4) is 5.75 Å². The van der Waals surface area contributed by atoms with Gasteiger partial charge in [-0.05, 0) is 60.4 Å². The normalized spacial score (nSPS) is 15.0. The highest BCUT2D eigenvalue weighted by molar-refractivity contribution is 5.88. The van der Waals surface area contributed by atoms with E-state index < -0.39 is 6.04 Å². The van der Waals surface area contributed by atoms with Crippen molar-refractivity contribution in [2.75, 3.05) is 7.11 Å². The molecule has 5 nitrogen and oxygen atoms in total. The van der Waals surface area contributed by atoms with E-state index in [4.69, 9.17) is 4.74 Å². The Morgan fingerprint density at radius 2 is 1.60 bits per heavy atom. The lowest BCUT2D eigenvalue weighted by molar-refractivity contribution is -0.141. The van der Waals surface area contributed by atoms with Gasteiger partial charge in [0.1, 0.15) is 11.8 Å². The maximum absolute atomic E-state index is 13.5. The molecule has 0 radical (unpaired) electrons. The van der Waals surface area contributed by atoms with E-state index in [1.165, 1.54) is 12.0 Å². The van der Waals surface area contributed by atoms with Crippen LogP contribution >= 0.6 is 0 Å². The van der Waals surface area contributed by atoms with Crippen LogP contribution in [0.2, 0.25) is 0 Å². The summed E-state index contributed by atoms with van der Waals surface area (Å²) in [4.78, 5) is 28.6. The highest BCUT2D eigenvalue weighted by Crippen LogP contribution is 2.21. The quantitative estimate of drug-likeness (QED) is 0.430. The Hall–Kier alpha value is -2.82. The SMILES string of the molecule is CC[C@H](C(=O)NC1CCCCC1)N(Cc1ccc(OC)cc1)C(=O)CCc1ccc(C(C)C)cc1. The average molecular weight is 479 g/mol. The first-order chi connectivity index (χ1) is 16.9. The van der Waals surface area contributed by atoms with Crippen molar-refractivity contribution in [2.45, 2.75) is 96.7 Å². The number of nitrogens with one attached hydrogen (secondary N) is 1. The molecule has 2 aromatic rings. The van der Waals surface area contributed by atoms with E-state index in [0.29, 0.717) is 31.7 Å². The van der Waals surface area contributed by atoms with Gasteiger partial charge in [-0.2, -0.15) is 0 Å². The van der Waals surface area contributed by atoms with Crippen LogP contribution in [0.4, 0.5) is 0 Å². The van der Waals surface area contributed by atoms with Gasteiger partial charge in [0.05, 0.1) is 7.11 Å². The molecule has 0 unspecified atom stereocenters. The second-order valence-electron chi connectivity index (χ2n) is 10.0. The number of methoxy groups -OCH3 is 1. The van der Waals surface area contributed by atoms with Crippen molar-refractivity contribution in [1.82, 2.24) is 10.2 Å². The Morgan fingerprint density at radius 3 is 2.17 bits per heavy atom. The highest BCUT2D eigenvalue weighted by Gasteiger charge is 2.30. The molecule has 0 aliphatic heterocycles. The van der Waals surface area contributed by atoms with Crippen molar-refractivity contribution in [3.05, 3.63) is 65.2 Å². The van der Waals surface area contributed by atoms with Gasteiger partial charge in [-0.1, -0.05) is 76.4 Å². The topological polar surface area (TPSA) is 58.6 Å². The Kier molecular flexibility index (Phi) is 10.2. The van der Waals surface area contributed by atoms with E-state index >= 15 is 0 Å². The van der Waals surface area contributed by atoms with Crippen molar-refractivity contribution in [2.24, 2.45) is 0 Å². The number of hydrogen-bond donors (Lipinski definition) is 1. The van der Waals surface area contributed by atoms with Crippen molar-refractivity contribution >= 4 is 11.8 Å². The summed E-state index contributed by atoms with van der Waals surface area (Å²) in [6, 6.07) is 16.0. The Bertz CT molecular complexity index is 931. The zero-order valence-corrected chi connectivity index (χ0v) is 21.9. The van der Waals surface area contributed by atoms with Gasteiger partial charge in [0.25, 0.3) is 0 Å². The number of rotatable bonds is 11. The summed E-state index contributed by atoms with van der Waals surface area (Å²) >= 11 is 0. The molecule has 1 aliphatic carbocycles. The summed E-state index contributed by atoms with van der Waals surface area (Å²) in [7, 11) is 1.64. The number of amides is 2. The number of aryl methyl sites for hydroxylation is 1. The molecule has 1 aliphatic rings. The maximum atomic E-state index is 13.5. The second kappa shape index (κ2) is 13.3. The van der Waals surface area contributed by atoms with E-state index in [1.807, 2.05) is 31.2 Å². The summed E-state index contributed by atoms with van der Waals surface area (Å²) in [5, 5.41) is 3.25. The molecule has 190 valence electrons. The van der Waals surface area contributed by atoms with Crippen LogP contribution in [0, 0.1) is 0 Å². The zero-order chi connectivity index (χ0) is 25.2. The van der Waals surface area contributed by atoms with Crippen LogP contribution in [-0.2, 0) is 22.6 Å². The molecular weight excluding hydrogens is 436 g/mol. The lowest BCUT2D eigenvalue weighted by Crippen LogP contribution is -2.51. The van der Waals surface area contributed by atoms with Crippen LogP contribution in [0.1, 0.15) is 88.3 Å². The minimum Gasteiger partial charge on any atom is -0.497 e. The summed E-state index contributed by atoms with van der Waals surface area (Å²) in [5.74, 6) is 1.25. The zero-order valence-electron chi connectivity index (χ0n) is 21.9. The Balaban J connectivity index is 1.73. The van der Waals surface area contributed by atoms with Gasteiger partial charge in [-0.15, -0.1) is 0 Å². The number of carbonyl (C=O) groups is 2. The number of ether oxygens (including phenoxy) is 1. The van der Waals surface area contributed by atoms with Crippen LogP contribution in [0.5, 0.6) is 5.75 Å². The van der Waals surface area contributed by atoms with E-state index in [2.05, 4.69) is 43.4 Å². The van der Waals surface area contributed by atoms with Gasteiger partial charge in [-0.3, -0.25) is 9.59 Å². The molecule has 35 heavy (non-hydrogen) atoms. The van der Waals surface area contributed by atoms with E-state index in [-0.39, 0.29) is 17.9 Å². The van der Waals surface area contributed by atoms with Crippen molar-refractivity contribution < 1.29 is 14.3 Å². The molecular formula is C30H42N2O3. The van der Waals surface area contributed by atoms with E-state index in [1.54, 1.807) is 12.0 Å². The lowest BCUT2D eigenvalue weighted by Gasteiger charge is -2.33. The van der Waals surface area contributed by atoms with Gasteiger partial charge >= 0.3 is 0 Å². The molecule has 0 saturated heterocycles. The molecule has 0 aromatic heterocycles. The number of nitrogens with zero attached hydrogens (tertiary/aromatic N) is 1. The predicted octanol–water partition coefficient (Wildman–Crippen LogP) is 6.01. The first-order valence-electron chi connectivity index (χ1n) is 13.2. The third kappa shape index (κ3) is 7.84. The third-order valence-electron chi connectivity index (χ3n) is 7.12. The van der Waals surface area contributed by atoms with Gasteiger partial charge in [-0.25, -0.2) is 0 Å². The number of benzene rings is 2. The molecule has 2 amide bonds. The fraction of sp³-hybridized carbons (Fsp3) is 0.533. The van der Waals surface area contributed by atoms with E-state index in [9.17, 15) is 9.59 Å². The summed E-state index contributed by atoms with van der Waals surface area (Å²) in [5.41, 5.74) is 3.43. The lowest BCUT2D eigenvalue weighted by atomic mass is 9.95. The summed E-state index contributed by atoms with van der Waals surface area (Å²) in [6.07, 6.45) is 7.24. The van der Waals surface area contributed by atoms with Crippen LogP contribution in [0.15, 0.2) is 48.5 Å². The molecule has 1 atom stereocenters. The Labute approximate surface area is 211 Å². The molecule has 1 N–H and O–H groups in total. The molecule has 0 heterocycles. The largest absolute Gasteiger partial charge is 0.497 e. The van der Waals surface area contributed by atoms with Gasteiger partial charge in [0.15, 0.2) is 0 Å². The predicted molar refractivity (Wildman–Crippen MR) is 141 cm³/mol. The fourth-order valence-electron chi connectivity index (χ4n) is 4.86. The molecule has 0 spiro atoms.